The predicted octanol–water partition coefficient (Wildman–Crippen LogP) is 1.89. The highest BCUT2D eigenvalue weighted by Crippen LogP contribution is 2.22. The fraction of sp³-hybridized carbons (Fsp3) is 0. The van der Waals surface area contributed by atoms with Crippen molar-refractivity contribution in [3.8, 4) is 11.3 Å². The van der Waals surface area contributed by atoms with E-state index in [1.54, 1.807) is 0 Å². The number of H-pyrrole nitrogens is 1. The minimum atomic E-state index is -0.595. The second-order valence-corrected chi connectivity index (χ2v) is 3.20. The van der Waals surface area contributed by atoms with Gasteiger partial charge in [-0.1, -0.05) is 5.10 Å². The van der Waals surface area contributed by atoms with Gasteiger partial charge in [0.25, 0.3) is 5.69 Å². The summed E-state index contributed by atoms with van der Waals surface area (Å²) in [7, 11) is 0. The quantitative estimate of drug-likeness (QED) is 0.643. The normalized spacial score (nSPS) is 10.1. The minimum Gasteiger partial charge on any atom is -0.358 e. The van der Waals surface area contributed by atoms with Gasteiger partial charge in [0.2, 0.25) is 0 Å². The Hall–Kier alpha value is -2.77. The third kappa shape index (κ3) is 2.09. The fourth-order valence-electron chi connectivity index (χ4n) is 1.31. The first kappa shape index (κ1) is 10.7. The van der Waals surface area contributed by atoms with Crippen LogP contribution in [0.5, 0.6) is 0 Å². The van der Waals surface area contributed by atoms with Crippen molar-refractivity contribution in [3.05, 3.63) is 50.6 Å². The molecule has 1 aromatic carbocycles. The summed E-state index contributed by atoms with van der Waals surface area (Å²) in [4.78, 5) is 19.8. The molecule has 0 aliphatic heterocycles. The van der Waals surface area contributed by atoms with Crippen molar-refractivity contribution in [1.82, 2.24) is 10.2 Å². The predicted molar refractivity (Wildman–Crippen MR) is 57.3 cm³/mol. The Bertz CT molecular complexity index is 575. The van der Waals surface area contributed by atoms with Gasteiger partial charge in [-0.25, -0.2) is 0 Å². The molecular weight excluding hydrogens is 228 g/mol. The molecule has 1 aromatic heterocycles. The van der Waals surface area contributed by atoms with Gasteiger partial charge in [-0.05, 0) is 17.1 Å². The summed E-state index contributed by atoms with van der Waals surface area (Å²) in [6.45, 7) is 0. The second kappa shape index (κ2) is 4.00. The maximum Gasteiger partial charge on any atom is 0.343 e. The third-order valence-electron chi connectivity index (χ3n) is 2.13. The van der Waals surface area contributed by atoms with Crippen LogP contribution in [0, 0.1) is 20.2 Å². The van der Waals surface area contributed by atoms with Crippen LogP contribution in [0.3, 0.4) is 0 Å². The average Bonchev–Trinajstić information content (AvgIpc) is 2.78. The summed E-state index contributed by atoms with van der Waals surface area (Å²) >= 11 is 0. The van der Waals surface area contributed by atoms with Gasteiger partial charge >= 0.3 is 5.82 Å². The molecule has 0 radical (unpaired) electrons. The number of non-ortho nitro benzene ring substituents is 1. The van der Waals surface area contributed by atoms with Crippen molar-refractivity contribution < 1.29 is 9.85 Å². The molecule has 0 aliphatic rings. The first-order valence-electron chi connectivity index (χ1n) is 4.52. The molecule has 0 bridgehead atoms. The third-order valence-corrected chi connectivity index (χ3v) is 2.13. The molecule has 1 N–H and O–H groups in total. The summed E-state index contributed by atoms with van der Waals surface area (Å²) in [6.07, 6.45) is 0. The van der Waals surface area contributed by atoms with Gasteiger partial charge in [-0.3, -0.25) is 10.1 Å². The standard InChI is InChI=1S/C9H6N4O4/c14-12(15)7-3-1-6(2-4-7)8-5-9(11-10-8)13(16)17/h1-5H,(H,10,11). The van der Waals surface area contributed by atoms with E-state index in [1.165, 1.54) is 30.3 Å². The van der Waals surface area contributed by atoms with Gasteiger partial charge in [0.1, 0.15) is 5.69 Å². The van der Waals surface area contributed by atoms with Gasteiger partial charge < -0.3 is 10.1 Å². The molecule has 0 amide bonds. The van der Waals surface area contributed by atoms with E-state index in [0.717, 1.165) is 0 Å². The van der Waals surface area contributed by atoms with Crippen LogP contribution in [0.4, 0.5) is 11.5 Å². The molecule has 2 rings (SSSR count). The molecular formula is C9H6N4O4. The van der Waals surface area contributed by atoms with E-state index in [0.29, 0.717) is 11.3 Å². The molecule has 2 aromatic rings. The highest BCUT2D eigenvalue weighted by molar-refractivity contribution is 5.62. The number of nitrogens with one attached hydrogen (secondary N) is 1. The average molecular weight is 234 g/mol. The zero-order valence-corrected chi connectivity index (χ0v) is 8.36. The highest BCUT2D eigenvalue weighted by atomic mass is 16.6. The molecule has 0 unspecified atom stereocenters. The Kier molecular flexibility index (Phi) is 2.53. The van der Waals surface area contributed by atoms with Crippen molar-refractivity contribution in [2.24, 2.45) is 0 Å². The number of nitrogens with zero attached hydrogens (tertiary/aromatic N) is 3. The van der Waals surface area contributed by atoms with Crippen LogP contribution in [0.15, 0.2) is 30.3 Å². The van der Waals surface area contributed by atoms with E-state index in [2.05, 4.69) is 10.2 Å². The molecule has 0 atom stereocenters. The Labute approximate surface area is 94.2 Å². The number of aromatic amines is 1. The minimum absolute atomic E-state index is 0.0428. The summed E-state index contributed by atoms with van der Waals surface area (Å²) in [5, 5.41) is 26.9. The number of aromatic nitrogens is 2. The van der Waals surface area contributed by atoms with Crippen LogP contribution in [0.2, 0.25) is 0 Å². The largest absolute Gasteiger partial charge is 0.358 e. The molecule has 86 valence electrons. The van der Waals surface area contributed by atoms with Crippen molar-refractivity contribution >= 4 is 11.5 Å². The van der Waals surface area contributed by atoms with Crippen molar-refractivity contribution in [3.63, 3.8) is 0 Å². The van der Waals surface area contributed by atoms with E-state index in [4.69, 9.17) is 0 Å². The van der Waals surface area contributed by atoms with E-state index >= 15 is 0 Å². The number of hydrogen-bond donors (Lipinski definition) is 1. The smallest absolute Gasteiger partial charge is 0.343 e. The molecule has 0 saturated heterocycles. The lowest BCUT2D eigenvalue weighted by Crippen LogP contribution is -1.87. The Morgan fingerprint density at radius 2 is 1.71 bits per heavy atom. The van der Waals surface area contributed by atoms with Crippen LogP contribution in [0.1, 0.15) is 0 Å². The summed E-state index contributed by atoms with van der Waals surface area (Å²) in [5.74, 6) is -0.224. The molecule has 8 heteroatoms. The first-order chi connectivity index (χ1) is 8.08. The topological polar surface area (TPSA) is 115 Å². The Balaban J connectivity index is 2.33. The van der Waals surface area contributed by atoms with E-state index in [-0.39, 0.29) is 11.5 Å². The van der Waals surface area contributed by atoms with Crippen LogP contribution in [-0.4, -0.2) is 20.0 Å². The van der Waals surface area contributed by atoms with Crippen molar-refractivity contribution in [2.75, 3.05) is 0 Å². The lowest BCUT2D eigenvalue weighted by molar-refractivity contribution is -0.389. The van der Waals surface area contributed by atoms with E-state index in [9.17, 15) is 20.2 Å². The molecule has 1 heterocycles. The maximum absolute atomic E-state index is 10.4. The van der Waals surface area contributed by atoms with E-state index < -0.39 is 9.85 Å². The number of benzene rings is 1. The second-order valence-electron chi connectivity index (χ2n) is 3.20. The number of hydrogen-bond acceptors (Lipinski definition) is 5. The van der Waals surface area contributed by atoms with Gasteiger partial charge in [0, 0.05) is 17.7 Å². The zero-order chi connectivity index (χ0) is 12.4. The van der Waals surface area contributed by atoms with E-state index in [1.807, 2.05) is 0 Å². The summed E-state index contributed by atoms with van der Waals surface area (Å²) in [5.41, 5.74) is 0.894. The Morgan fingerprint density at radius 3 is 2.18 bits per heavy atom. The zero-order valence-electron chi connectivity index (χ0n) is 8.36. The number of rotatable bonds is 3. The van der Waals surface area contributed by atoms with Crippen LogP contribution in [0.25, 0.3) is 11.3 Å². The molecule has 0 saturated carbocycles. The summed E-state index contributed by atoms with van der Waals surface area (Å²) in [6, 6.07) is 6.86. The van der Waals surface area contributed by atoms with Crippen molar-refractivity contribution in [2.45, 2.75) is 0 Å². The van der Waals surface area contributed by atoms with Gasteiger partial charge in [0.05, 0.1) is 11.0 Å². The van der Waals surface area contributed by atoms with Crippen LogP contribution < -0.4 is 0 Å². The molecule has 8 nitrogen and oxygen atoms in total. The van der Waals surface area contributed by atoms with Crippen molar-refractivity contribution in [1.29, 1.82) is 0 Å². The highest BCUT2D eigenvalue weighted by Gasteiger charge is 2.12. The van der Waals surface area contributed by atoms with Gasteiger partial charge in [-0.15, -0.1) is 5.10 Å². The van der Waals surface area contributed by atoms with Crippen LogP contribution in [-0.2, 0) is 0 Å². The fourth-order valence-corrected chi connectivity index (χ4v) is 1.31. The van der Waals surface area contributed by atoms with Gasteiger partial charge in [0.15, 0.2) is 0 Å². The van der Waals surface area contributed by atoms with Crippen LogP contribution >= 0.6 is 0 Å². The molecule has 0 fully saturated rings. The van der Waals surface area contributed by atoms with Gasteiger partial charge in [-0.2, -0.15) is 0 Å². The first-order valence-corrected chi connectivity index (χ1v) is 4.52. The maximum atomic E-state index is 10.4. The summed E-state index contributed by atoms with van der Waals surface area (Å²) < 4.78 is 0. The SMILES string of the molecule is O=[N+]([O-])c1ccc(-c2cc([N+](=O)[O-])[nH]n2)cc1. The monoisotopic (exact) mass is 234 g/mol. The number of nitro groups is 2. The lowest BCUT2D eigenvalue weighted by Gasteiger charge is -1.94. The molecule has 17 heavy (non-hydrogen) atoms. The molecule has 0 spiro atoms. The lowest BCUT2D eigenvalue weighted by atomic mass is 10.1. The molecule has 0 aliphatic carbocycles. The number of nitro benzene ring substituents is 1. The Morgan fingerprint density at radius 1 is 1.06 bits per heavy atom.